The molecule has 6 heteroatoms. The maximum Gasteiger partial charge on any atom is 0.180 e. The SMILES string of the molecule is CC(F)(CC1COCCN1)c1cnc(N)s1. The minimum Gasteiger partial charge on any atom is -0.379 e. The zero-order valence-electron chi connectivity index (χ0n) is 9.20. The molecule has 3 N–H and O–H groups in total. The number of thiazole rings is 1. The summed E-state index contributed by atoms with van der Waals surface area (Å²) in [7, 11) is 0. The topological polar surface area (TPSA) is 60.2 Å². The Morgan fingerprint density at radius 3 is 3.19 bits per heavy atom. The van der Waals surface area contributed by atoms with Crippen molar-refractivity contribution in [2.24, 2.45) is 0 Å². The lowest BCUT2D eigenvalue weighted by Crippen LogP contribution is -2.44. The van der Waals surface area contributed by atoms with Gasteiger partial charge in [-0.2, -0.15) is 0 Å². The highest BCUT2D eigenvalue weighted by molar-refractivity contribution is 7.15. The number of hydrogen-bond donors (Lipinski definition) is 2. The molecule has 2 atom stereocenters. The molecule has 2 unspecified atom stereocenters. The van der Waals surface area contributed by atoms with Crippen LogP contribution in [0.4, 0.5) is 9.52 Å². The molecule has 0 bridgehead atoms. The number of nitrogens with zero attached hydrogens (tertiary/aromatic N) is 1. The third-order valence-electron chi connectivity index (χ3n) is 2.67. The molecule has 4 nitrogen and oxygen atoms in total. The monoisotopic (exact) mass is 245 g/mol. The zero-order chi connectivity index (χ0) is 11.6. The van der Waals surface area contributed by atoms with E-state index >= 15 is 0 Å². The van der Waals surface area contributed by atoms with Crippen LogP contribution in [0.1, 0.15) is 18.2 Å². The standard InChI is InChI=1S/C10H16FN3OS/c1-10(11,8-5-14-9(12)16-8)4-7-6-15-3-2-13-7/h5,7,13H,2-4,6H2,1H3,(H2,12,14). The summed E-state index contributed by atoms with van der Waals surface area (Å²) in [5.74, 6) is 0. The van der Waals surface area contributed by atoms with Gasteiger partial charge in [-0.1, -0.05) is 11.3 Å². The predicted octanol–water partition coefficient (Wildman–Crippen LogP) is 1.29. The zero-order valence-corrected chi connectivity index (χ0v) is 10.0. The number of hydrogen-bond acceptors (Lipinski definition) is 5. The number of alkyl halides is 1. The first-order valence-corrected chi connectivity index (χ1v) is 6.11. The van der Waals surface area contributed by atoms with Crippen molar-refractivity contribution in [1.82, 2.24) is 10.3 Å². The van der Waals surface area contributed by atoms with Crippen LogP contribution in [-0.2, 0) is 10.4 Å². The second-order valence-electron chi connectivity index (χ2n) is 4.19. The van der Waals surface area contributed by atoms with Crippen molar-refractivity contribution in [3.05, 3.63) is 11.1 Å². The van der Waals surface area contributed by atoms with Gasteiger partial charge >= 0.3 is 0 Å². The fraction of sp³-hybridized carbons (Fsp3) is 0.700. The second-order valence-corrected chi connectivity index (χ2v) is 5.25. The van der Waals surface area contributed by atoms with Gasteiger partial charge in [-0.25, -0.2) is 9.37 Å². The van der Waals surface area contributed by atoms with Crippen LogP contribution in [-0.4, -0.2) is 30.8 Å². The van der Waals surface area contributed by atoms with Gasteiger partial charge in [0, 0.05) is 25.2 Å². The van der Waals surface area contributed by atoms with Crippen molar-refractivity contribution in [3.63, 3.8) is 0 Å². The van der Waals surface area contributed by atoms with Gasteiger partial charge in [-0.3, -0.25) is 0 Å². The van der Waals surface area contributed by atoms with Gasteiger partial charge < -0.3 is 15.8 Å². The molecular formula is C10H16FN3OS. The molecule has 0 aromatic carbocycles. The highest BCUT2D eigenvalue weighted by atomic mass is 32.1. The highest BCUT2D eigenvalue weighted by Gasteiger charge is 2.32. The van der Waals surface area contributed by atoms with E-state index in [-0.39, 0.29) is 6.04 Å². The van der Waals surface area contributed by atoms with Gasteiger partial charge in [0.1, 0.15) is 5.67 Å². The van der Waals surface area contributed by atoms with Gasteiger partial charge in [-0.05, 0) is 6.92 Å². The van der Waals surface area contributed by atoms with E-state index in [1.807, 2.05) is 0 Å². The minimum atomic E-state index is -1.40. The Morgan fingerprint density at radius 2 is 2.62 bits per heavy atom. The summed E-state index contributed by atoms with van der Waals surface area (Å²) in [6.07, 6.45) is 1.90. The molecule has 2 rings (SSSR count). The molecule has 1 aromatic heterocycles. The molecule has 1 aliphatic heterocycles. The number of nitrogens with two attached hydrogens (primary N) is 1. The maximum absolute atomic E-state index is 14.4. The van der Waals surface area contributed by atoms with E-state index in [0.717, 1.165) is 6.54 Å². The Balaban J connectivity index is 2.01. The predicted molar refractivity (Wildman–Crippen MR) is 62.2 cm³/mol. The fourth-order valence-corrected chi connectivity index (χ4v) is 2.58. The van der Waals surface area contributed by atoms with Gasteiger partial charge in [0.25, 0.3) is 0 Å². The average Bonchev–Trinajstić information content (AvgIpc) is 2.66. The molecule has 0 aliphatic carbocycles. The number of nitrogens with one attached hydrogen (secondary N) is 1. The van der Waals surface area contributed by atoms with E-state index in [2.05, 4.69) is 10.3 Å². The fourth-order valence-electron chi connectivity index (χ4n) is 1.84. The Bertz CT molecular complexity index is 350. The van der Waals surface area contributed by atoms with Crippen molar-refractivity contribution in [1.29, 1.82) is 0 Å². The van der Waals surface area contributed by atoms with E-state index in [1.165, 1.54) is 17.5 Å². The Labute approximate surface area is 98.0 Å². The Morgan fingerprint density at radius 1 is 1.81 bits per heavy atom. The van der Waals surface area contributed by atoms with E-state index in [4.69, 9.17) is 10.5 Å². The van der Waals surface area contributed by atoms with Crippen molar-refractivity contribution in [3.8, 4) is 0 Å². The smallest absolute Gasteiger partial charge is 0.180 e. The molecule has 90 valence electrons. The molecule has 2 heterocycles. The van der Waals surface area contributed by atoms with Crippen molar-refractivity contribution >= 4 is 16.5 Å². The van der Waals surface area contributed by atoms with Gasteiger partial charge in [0.15, 0.2) is 5.13 Å². The van der Waals surface area contributed by atoms with E-state index in [1.54, 1.807) is 6.92 Å². The molecule has 1 saturated heterocycles. The summed E-state index contributed by atoms with van der Waals surface area (Å²) in [6.45, 7) is 3.61. The molecule has 16 heavy (non-hydrogen) atoms. The maximum atomic E-state index is 14.4. The molecule has 1 fully saturated rings. The van der Waals surface area contributed by atoms with Crippen molar-refractivity contribution in [2.75, 3.05) is 25.5 Å². The number of rotatable bonds is 3. The summed E-state index contributed by atoms with van der Waals surface area (Å²) >= 11 is 1.21. The number of morpholine rings is 1. The number of anilines is 1. The summed E-state index contributed by atoms with van der Waals surface area (Å²) in [5, 5.41) is 3.65. The molecule has 1 aliphatic rings. The van der Waals surface area contributed by atoms with Crippen LogP contribution < -0.4 is 11.1 Å². The van der Waals surface area contributed by atoms with E-state index in [9.17, 15) is 4.39 Å². The third kappa shape index (κ3) is 2.69. The summed E-state index contributed by atoms with van der Waals surface area (Å²) in [5.41, 5.74) is 4.11. The normalized spacial score (nSPS) is 25.2. The average molecular weight is 245 g/mol. The number of halogens is 1. The van der Waals surface area contributed by atoms with Gasteiger partial charge in [-0.15, -0.1) is 0 Å². The summed E-state index contributed by atoms with van der Waals surface area (Å²) < 4.78 is 19.7. The molecule has 0 amide bonds. The van der Waals surface area contributed by atoms with Crippen LogP contribution in [0.2, 0.25) is 0 Å². The minimum absolute atomic E-state index is 0.0621. The number of aromatic nitrogens is 1. The molecule has 0 saturated carbocycles. The van der Waals surface area contributed by atoms with E-state index in [0.29, 0.717) is 29.6 Å². The Kier molecular flexibility index (Phi) is 3.41. The van der Waals surface area contributed by atoms with E-state index < -0.39 is 5.67 Å². The lowest BCUT2D eigenvalue weighted by molar-refractivity contribution is 0.0483. The summed E-state index contributed by atoms with van der Waals surface area (Å²) in [6, 6.07) is 0.0621. The second kappa shape index (κ2) is 4.65. The van der Waals surface area contributed by atoms with Crippen LogP contribution in [0, 0.1) is 0 Å². The first kappa shape index (κ1) is 11.8. The first-order chi connectivity index (χ1) is 7.58. The lowest BCUT2D eigenvalue weighted by Gasteiger charge is -2.29. The highest BCUT2D eigenvalue weighted by Crippen LogP contribution is 2.35. The van der Waals surface area contributed by atoms with Gasteiger partial charge in [0.2, 0.25) is 0 Å². The third-order valence-corrected chi connectivity index (χ3v) is 3.73. The lowest BCUT2D eigenvalue weighted by atomic mass is 9.97. The van der Waals surface area contributed by atoms with Gasteiger partial charge in [0.05, 0.1) is 18.1 Å². The van der Waals surface area contributed by atoms with Crippen LogP contribution >= 0.6 is 11.3 Å². The molecular weight excluding hydrogens is 229 g/mol. The quantitative estimate of drug-likeness (QED) is 0.842. The molecule has 1 aromatic rings. The van der Waals surface area contributed by atoms with Crippen LogP contribution in [0.25, 0.3) is 0 Å². The number of nitrogen functional groups attached to an aromatic ring is 1. The van der Waals surface area contributed by atoms with Crippen molar-refractivity contribution < 1.29 is 9.13 Å². The summed E-state index contributed by atoms with van der Waals surface area (Å²) in [4.78, 5) is 4.46. The van der Waals surface area contributed by atoms with Crippen LogP contribution in [0.15, 0.2) is 6.20 Å². The first-order valence-electron chi connectivity index (χ1n) is 5.30. The molecule has 0 spiro atoms. The largest absolute Gasteiger partial charge is 0.379 e. The molecule has 0 radical (unpaired) electrons. The van der Waals surface area contributed by atoms with Crippen LogP contribution in [0.3, 0.4) is 0 Å². The Hall–Kier alpha value is -0.720. The van der Waals surface area contributed by atoms with Crippen molar-refractivity contribution in [2.45, 2.75) is 25.1 Å². The number of ether oxygens (including phenoxy) is 1. The van der Waals surface area contributed by atoms with Crippen LogP contribution in [0.5, 0.6) is 0 Å².